The fraction of sp³-hybridized carbons (Fsp3) is 0.600. The molecule has 0 saturated heterocycles. The van der Waals surface area contributed by atoms with Crippen LogP contribution in [0.5, 0.6) is 0 Å². The molecule has 76 valence electrons. The van der Waals surface area contributed by atoms with Crippen molar-refractivity contribution >= 4 is 0 Å². The van der Waals surface area contributed by atoms with Crippen LogP contribution in [0.3, 0.4) is 0 Å². The van der Waals surface area contributed by atoms with Gasteiger partial charge in [-0.3, -0.25) is 4.68 Å². The third-order valence-corrected chi connectivity index (χ3v) is 2.38. The second-order valence-electron chi connectivity index (χ2n) is 3.52. The Morgan fingerprint density at radius 3 is 2.93 bits per heavy atom. The number of nitrogens with zero attached hydrogens (tertiary/aromatic N) is 3. The Morgan fingerprint density at radius 1 is 1.71 bits per heavy atom. The van der Waals surface area contributed by atoms with Gasteiger partial charge in [-0.15, -0.1) is 0 Å². The summed E-state index contributed by atoms with van der Waals surface area (Å²) in [6.45, 7) is 4.83. The van der Waals surface area contributed by atoms with Gasteiger partial charge in [-0.1, -0.05) is 0 Å². The molecule has 14 heavy (non-hydrogen) atoms. The van der Waals surface area contributed by atoms with E-state index >= 15 is 0 Å². The van der Waals surface area contributed by atoms with E-state index in [1.54, 1.807) is 0 Å². The Kier molecular flexibility index (Phi) is 3.66. The predicted octanol–water partition coefficient (Wildman–Crippen LogP) is 1.12. The summed E-state index contributed by atoms with van der Waals surface area (Å²) in [4.78, 5) is 0. The summed E-state index contributed by atoms with van der Waals surface area (Å²) in [7, 11) is 1.93. The lowest BCUT2D eigenvalue weighted by Gasteiger charge is -2.09. The van der Waals surface area contributed by atoms with Gasteiger partial charge in [0.1, 0.15) is 0 Å². The molecule has 1 atom stereocenters. The molecular formula is C10H16N4. The second kappa shape index (κ2) is 4.77. The molecule has 0 aromatic carbocycles. The van der Waals surface area contributed by atoms with E-state index in [0.717, 1.165) is 6.54 Å². The first kappa shape index (κ1) is 10.7. The molecule has 1 aromatic rings. The fourth-order valence-electron chi connectivity index (χ4n) is 1.21. The number of hydrogen-bond donors (Lipinski definition) is 1. The van der Waals surface area contributed by atoms with E-state index in [2.05, 4.69) is 16.5 Å². The highest BCUT2D eigenvalue weighted by molar-refractivity contribution is 5.15. The van der Waals surface area contributed by atoms with Crippen molar-refractivity contribution in [1.29, 1.82) is 5.26 Å². The van der Waals surface area contributed by atoms with E-state index in [1.807, 2.05) is 31.8 Å². The first-order valence-electron chi connectivity index (χ1n) is 4.73. The number of rotatable bonds is 4. The largest absolute Gasteiger partial charge is 0.309 e. The third-order valence-electron chi connectivity index (χ3n) is 2.38. The minimum absolute atomic E-state index is 0.236. The van der Waals surface area contributed by atoms with Crippen molar-refractivity contribution in [2.45, 2.75) is 32.9 Å². The average molecular weight is 192 g/mol. The summed E-state index contributed by atoms with van der Waals surface area (Å²) in [5.74, 6) is 0. The number of nitrogens with one attached hydrogen (secondary N) is 1. The Hall–Kier alpha value is -1.34. The maximum absolute atomic E-state index is 8.49. The Balaban J connectivity index is 2.46. The third kappa shape index (κ3) is 2.57. The predicted molar refractivity (Wildman–Crippen MR) is 54.5 cm³/mol. The quantitative estimate of drug-likeness (QED) is 0.777. The van der Waals surface area contributed by atoms with Crippen LogP contribution in [-0.2, 0) is 13.6 Å². The van der Waals surface area contributed by atoms with Gasteiger partial charge in [-0.05, 0) is 13.8 Å². The highest BCUT2D eigenvalue weighted by Crippen LogP contribution is 2.05. The monoisotopic (exact) mass is 192 g/mol. The Morgan fingerprint density at radius 2 is 2.43 bits per heavy atom. The standard InChI is InChI=1S/C10H16N4/c1-8(4-5-11)12-6-10-7-13-14(3)9(10)2/h7-8,12H,4,6H2,1-3H3. The van der Waals surface area contributed by atoms with Crippen LogP contribution in [0.4, 0.5) is 0 Å². The topological polar surface area (TPSA) is 53.6 Å². The van der Waals surface area contributed by atoms with Crippen molar-refractivity contribution in [3.63, 3.8) is 0 Å². The Bertz CT molecular complexity index is 334. The van der Waals surface area contributed by atoms with Crippen LogP contribution < -0.4 is 5.32 Å². The average Bonchev–Trinajstić information content (AvgIpc) is 2.46. The molecule has 0 aliphatic carbocycles. The van der Waals surface area contributed by atoms with Gasteiger partial charge in [0.2, 0.25) is 0 Å². The number of aromatic nitrogens is 2. The number of hydrogen-bond acceptors (Lipinski definition) is 3. The summed E-state index contributed by atoms with van der Waals surface area (Å²) in [5.41, 5.74) is 2.36. The number of aryl methyl sites for hydroxylation is 1. The van der Waals surface area contributed by atoms with E-state index in [9.17, 15) is 0 Å². The molecule has 0 amide bonds. The van der Waals surface area contributed by atoms with Crippen molar-refractivity contribution in [2.24, 2.45) is 7.05 Å². The van der Waals surface area contributed by atoms with Gasteiger partial charge in [0.25, 0.3) is 0 Å². The SMILES string of the molecule is Cc1c(CNC(C)CC#N)cnn1C. The van der Waals surface area contributed by atoms with Crippen molar-refractivity contribution in [3.8, 4) is 6.07 Å². The molecule has 0 aliphatic heterocycles. The molecular weight excluding hydrogens is 176 g/mol. The lowest BCUT2D eigenvalue weighted by molar-refractivity contribution is 0.555. The highest BCUT2D eigenvalue weighted by atomic mass is 15.3. The van der Waals surface area contributed by atoms with Crippen LogP contribution in [0.25, 0.3) is 0 Å². The highest BCUT2D eigenvalue weighted by Gasteiger charge is 2.05. The normalized spacial score (nSPS) is 12.4. The van der Waals surface area contributed by atoms with Gasteiger partial charge in [0, 0.05) is 30.9 Å². The zero-order valence-corrected chi connectivity index (χ0v) is 8.91. The lowest BCUT2D eigenvalue weighted by atomic mass is 10.2. The smallest absolute Gasteiger partial charge is 0.0638 e. The Labute approximate surface area is 84.5 Å². The van der Waals surface area contributed by atoms with Gasteiger partial charge < -0.3 is 5.32 Å². The summed E-state index contributed by atoms with van der Waals surface area (Å²) in [5, 5.41) is 15.9. The molecule has 0 bridgehead atoms. The molecule has 0 spiro atoms. The lowest BCUT2D eigenvalue weighted by Crippen LogP contribution is -2.25. The van der Waals surface area contributed by atoms with E-state index < -0.39 is 0 Å². The molecule has 1 N–H and O–H groups in total. The van der Waals surface area contributed by atoms with Gasteiger partial charge in [-0.2, -0.15) is 10.4 Å². The zero-order chi connectivity index (χ0) is 10.6. The minimum atomic E-state index is 0.236. The van der Waals surface area contributed by atoms with E-state index in [4.69, 9.17) is 5.26 Å². The van der Waals surface area contributed by atoms with E-state index in [0.29, 0.717) is 6.42 Å². The summed E-state index contributed by atoms with van der Waals surface area (Å²) in [6, 6.07) is 2.38. The van der Waals surface area contributed by atoms with Crippen LogP contribution in [0.1, 0.15) is 24.6 Å². The first-order valence-corrected chi connectivity index (χ1v) is 4.73. The van der Waals surface area contributed by atoms with Gasteiger partial charge in [0.05, 0.1) is 18.7 Å². The molecule has 1 aromatic heterocycles. The first-order chi connectivity index (χ1) is 6.65. The molecule has 1 heterocycles. The summed E-state index contributed by atoms with van der Waals surface area (Å²) < 4.78 is 1.85. The van der Waals surface area contributed by atoms with E-state index in [1.165, 1.54) is 11.3 Å². The molecule has 1 unspecified atom stereocenters. The van der Waals surface area contributed by atoms with Crippen LogP contribution in [0, 0.1) is 18.3 Å². The summed E-state index contributed by atoms with van der Waals surface area (Å²) in [6.07, 6.45) is 2.40. The molecule has 4 heteroatoms. The minimum Gasteiger partial charge on any atom is -0.309 e. The van der Waals surface area contributed by atoms with Crippen molar-refractivity contribution in [1.82, 2.24) is 15.1 Å². The van der Waals surface area contributed by atoms with Gasteiger partial charge in [0.15, 0.2) is 0 Å². The molecule has 1 rings (SSSR count). The van der Waals surface area contributed by atoms with Crippen molar-refractivity contribution < 1.29 is 0 Å². The number of nitriles is 1. The zero-order valence-electron chi connectivity index (χ0n) is 8.91. The molecule has 0 radical (unpaired) electrons. The van der Waals surface area contributed by atoms with Gasteiger partial charge in [-0.25, -0.2) is 0 Å². The molecule has 0 saturated carbocycles. The van der Waals surface area contributed by atoms with Crippen LogP contribution in [-0.4, -0.2) is 15.8 Å². The molecule has 0 aliphatic rings. The van der Waals surface area contributed by atoms with Gasteiger partial charge >= 0.3 is 0 Å². The van der Waals surface area contributed by atoms with Crippen molar-refractivity contribution in [2.75, 3.05) is 0 Å². The second-order valence-corrected chi connectivity index (χ2v) is 3.52. The van der Waals surface area contributed by atoms with Crippen LogP contribution >= 0.6 is 0 Å². The van der Waals surface area contributed by atoms with Crippen LogP contribution in [0.2, 0.25) is 0 Å². The molecule has 0 fully saturated rings. The van der Waals surface area contributed by atoms with Crippen molar-refractivity contribution in [3.05, 3.63) is 17.5 Å². The maximum atomic E-state index is 8.49. The summed E-state index contributed by atoms with van der Waals surface area (Å²) >= 11 is 0. The maximum Gasteiger partial charge on any atom is 0.0638 e. The fourth-order valence-corrected chi connectivity index (χ4v) is 1.21. The van der Waals surface area contributed by atoms with E-state index in [-0.39, 0.29) is 6.04 Å². The molecule has 4 nitrogen and oxygen atoms in total. The van der Waals surface area contributed by atoms with Crippen LogP contribution in [0.15, 0.2) is 6.20 Å².